The van der Waals surface area contributed by atoms with E-state index in [0.717, 1.165) is 0 Å². The highest BCUT2D eigenvalue weighted by Crippen LogP contribution is 2.27. The first kappa shape index (κ1) is 11.7. The predicted octanol–water partition coefficient (Wildman–Crippen LogP) is 0.983. The molecule has 0 unspecified atom stereocenters. The lowest BCUT2D eigenvalue weighted by atomic mass is 10.0. The van der Waals surface area contributed by atoms with Crippen molar-refractivity contribution in [2.45, 2.75) is 0 Å². The summed E-state index contributed by atoms with van der Waals surface area (Å²) in [5.74, 6) is 2.75. The predicted molar refractivity (Wildman–Crippen MR) is 62.1 cm³/mol. The summed E-state index contributed by atoms with van der Waals surface area (Å²) in [6, 6.07) is 4.85. The van der Waals surface area contributed by atoms with Crippen molar-refractivity contribution in [3.05, 3.63) is 34.9 Å². The topological polar surface area (TPSA) is 83.8 Å². The Balaban J connectivity index is 2.39. The molecule has 1 aliphatic rings. The Morgan fingerprint density at radius 2 is 2.06 bits per heavy atom. The number of hydrogen-bond acceptors (Lipinski definition) is 3. The molecule has 0 aliphatic carbocycles. The molecule has 5 heteroatoms. The van der Waals surface area contributed by atoms with Crippen LogP contribution in [0.25, 0.3) is 6.08 Å². The highest BCUT2D eigenvalue weighted by Gasteiger charge is 2.16. The van der Waals surface area contributed by atoms with Crippen molar-refractivity contribution in [1.29, 1.82) is 0 Å². The van der Waals surface area contributed by atoms with Crippen LogP contribution in [-0.2, 0) is 9.59 Å². The number of aliphatic carboxylic acids is 2. The summed E-state index contributed by atoms with van der Waals surface area (Å²) in [6.07, 6.45) is 1.49. The molecule has 0 saturated carbocycles. The number of ether oxygens (including phenoxy) is 1. The van der Waals surface area contributed by atoms with Gasteiger partial charge in [-0.05, 0) is 24.3 Å². The van der Waals surface area contributed by atoms with Gasteiger partial charge in [-0.15, -0.1) is 0 Å². The third-order valence-corrected chi connectivity index (χ3v) is 2.31. The molecule has 1 heterocycles. The summed E-state index contributed by atoms with van der Waals surface area (Å²) in [5.41, 5.74) is 1.21. The molecule has 0 aromatic heterocycles. The van der Waals surface area contributed by atoms with Crippen molar-refractivity contribution in [2.24, 2.45) is 0 Å². The van der Waals surface area contributed by atoms with Gasteiger partial charge in [0.2, 0.25) is 0 Å². The minimum atomic E-state index is -1.22. The number of hydrogen-bond donors (Lipinski definition) is 2. The second kappa shape index (κ2) is 4.63. The zero-order valence-electron chi connectivity index (χ0n) is 9.14. The van der Waals surface area contributed by atoms with Crippen LogP contribution >= 0.6 is 0 Å². The zero-order chi connectivity index (χ0) is 13.1. The summed E-state index contributed by atoms with van der Waals surface area (Å²) < 4.78 is 5.26. The molecule has 0 atom stereocenters. The fourth-order valence-corrected chi connectivity index (χ4v) is 1.50. The molecule has 90 valence electrons. The molecule has 18 heavy (non-hydrogen) atoms. The molecule has 0 radical (unpaired) electrons. The van der Waals surface area contributed by atoms with Gasteiger partial charge in [-0.3, -0.25) is 0 Å². The van der Waals surface area contributed by atoms with Crippen LogP contribution in [0, 0.1) is 11.8 Å². The van der Waals surface area contributed by atoms with E-state index >= 15 is 0 Å². The van der Waals surface area contributed by atoms with Gasteiger partial charge in [0.05, 0.1) is 5.57 Å². The van der Waals surface area contributed by atoms with Crippen LogP contribution in [0.1, 0.15) is 11.1 Å². The molecule has 0 spiro atoms. The van der Waals surface area contributed by atoms with E-state index in [2.05, 4.69) is 5.92 Å². The van der Waals surface area contributed by atoms with Crippen molar-refractivity contribution in [3.8, 4) is 17.6 Å². The number of carboxylic acid groups (broad SMARTS) is 2. The molecule has 1 aromatic carbocycles. The van der Waals surface area contributed by atoms with Crippen LogP contribution in [0.4, 0.5) is 0 Å². The van der Waals surface area contributed by atoms with E-state index in [9.17, 15) is 9.59 Å². The Labute approximate surface area is 102 Å². The Bertz CT molecular complexity index is 616. The van der Waals surface area contributed by atoms with Gasteiger partial charge in [0.1, 0.15) is 12.4 Å². The maximum atomic E-state index is 10.8. The van der Waals surface area contributed by atoms with Crippen molar-refractivity contribution in [1.82, 2.24) is 0 Å². The quantitative estimate of drug-likeness (QED) is 0.719. The Morgan fingerprint density at radius 1 is 1.28 bits per heavy atom. The molecule has 5 nitrogen and oxygen atoms in total. The van der Waals surface area contributed by atoms with Gasteiger partial charge in [0.15, 0.2) is 0 Å². The van der Waals surface area contributed by atoms with Gasteiger partial charge in [0.25, 0.3) is 0 Å². The maximum Gasteiger partial charge on any atom is 0.382 e. The summed E-state index contributed by atoms with van der Waals surface area (Å²) in [6.45, 7) is 0.0164. The van der Waals surface area contributed by atoms with Crippen LogP contribution in [0.3, 0.4) is 0 Å². The number of carbonyl (C=O) groups is 2. The number of fused-ring (bicyclic) bond motifs is 1. The molecular formula is C13H8O5. The normalized spacial score (nSPS) is 12.3. The lowest BCUT2D eigenvalue weighted by Crippen LogP contribution is -2.14. The Hall–Kier alpha value is -2.74. The summed E-state index contributed by atoms with van der Waals surface area (Å²) >= 11 is 0. The summed E-state index contributed by atoms with van der Waals surface area (Å²) in [4.78, 5) is 21.1. The highest BCUT2D eigenvalue weighted by molar-refractivity contribution is 5.94. The van der Waals surface area contributed by atoms with E-state index in [1.807, 2.05) is 5.92 Å². The van der Waals surface area contributed by atoms with Gasteiger partial charge < -0.3 is 14.9 Å². The van der Waals surface area contributed by atoms with Gasteiger partial charge >= 0.3 is 11.9 Å². The summed E-state index contributed by atoms with van der Waals surface area (Å²) in [7, 11) is 0. The fourth-order valence-electron chi connectivity index (χ4n) is 1.50. The SMILES string of the molecule is O=C(O)C#Cc1ccc2c(c1)C=C(C(=O)O)CO2. The van der Waals surface area contributed by atoms with Gasteiger partial charge in [-0.1, -0.05) is 5.92 Å². The Kier molecular flexibility index (Phi) is 3.02. The Morgan fingerprint density at radius 3 is 2.72 bits per heavy atom. The van der Waals surface area contributed by atoms with Crippen molar-refractivity contribution < 1.29 is 24.5 Å². The second-order valence-corrected chi connectivity index (χ2v) is 3.57. The first-order valence-electron chi connectivity index (χ1n) is 5.02. The molecule has 0 amide bonds. The van der Waals surface area contributed by atoms with Crippen molar-refractivity contribution >= 4 is 18.0 Å². The minimum Gasteiger partial charge on any atom is -0.488 e. The monoisotopic (exact) mass is 244 g/mol. The summed E-state index contributed by atoms with van der Waals surface area (Å²) in [5, 5.41) is 17.3. The van der Waals surface area contributed by atoms with Crippen LogP contribution in [-0.4, -0.2) is 28.8 Å². The zero-order valence-corrected chi connectivity index (χ0v) is 9.14. The molecular weight excluding hydrogens is 236 g/mol. The van der Waals surface area contributed by atoms with E-state index in [4.69, 9.17) is 14.9 Å². The minimum absolute atomic E-state index is 0.0164. The highest BCUT2D eigenvalue weighted by atomic mass is 16.5. The lowest BCUT2D eigenvalue weighted by Gasteiger charge is -2.15. The molecule has 2 rings (SSSR count). The average Bonchev–Trinajstić information content (AvgIpc) is 2.35. The third kappa shape index (κ3) is 2.50. The molecule has 0 fully saturated rings. The first-order valence-corrected chi connectivity index (χ1v) is 5.02. The number of carboxylic acids is 2. The van der Waals surface area contributed by atoms with E-state index in [0.29, 0.717) is 16.9 Å². The van der Waals surface area contributed by atoms with Gasteiger partial charge in [-0.2, -0.15) is 0 Å². The smallest absolute Gasteiger partial charge is 0.382 e. The van der Waals surface area contributed by atoms with E-state index in [1.54, 1.807) is 18.2 Å². The van der Waals surface area contributed by atoms with Crippen LogP contribution < -0.4 is 4.74 Å². The maximum absolute atomic E-state index is 10.8. The first-order chi connectivity index (χ1) is 8.56. The largest absolute Gasteiger partial charge is 0.488 e. The van der Waals surface area contributed by atoms with Crippen LogP contribution in [0.5, 0.6) is 5.75 Å². The van der Waals surface area contributed by atoms with Crippen LogP contribution in [0.15, 0.2) is 23.8 Å². The molecule has 0 bridgehead atoms. The molecule has 1 aliphatic heterocycles. The van der Waals surface area contributed by atoms with Crippen molar-refractivity contribution in [3.63, 3.8) is 0 Å². The average molecular weight is 244 g/mol. The standard InChI is InChI=1S/C13H8O5/c14-12(15)4-2-8-1-3-11-9(5-8)6-10(7-18-11)13(16)17/h1,3,5-6H,7H2,(H,14,15)(H,16,17). The third-order valence-electron chi connectivity index (χ3n) is 2.31. The van der Waals surface area contributed by atoms with E-state index in [1.165, 1.54) is 6.08 Å². The number of rotatable bonds is 1. The molecule has 1 aromatic rings. The van der Waals surface area contributed by atoms with Gasteiger partial charge in [0, 0.05) is 17.0 Å². The second-order valence-electron chi connectivity index (χ2n) is 3.57. The molecule has 2 N–H and O–H groups in total. The van der Waals surface area contributed by atoms with Crippen molar-refractivity contribution in [2.75, 3.05) is 6.61 Å². The van der Waals surface area contributed by atoms with Gasteiger partial charge in [-0.25, -0.2) is 9.59 Å². The van der Waals surface area contributed by atoms with Crippen LogP contribution in [0.2, 0.25) is 0 Å². The van der Waals surface area contributed by atoms with E-state index in [-0.39, 0.29) is 12.2 Å². The lowest BCUT2D eigenvalue weighted by molar-refractivity contribution is -0.133. The number of benzene rings is 1. The fraction of sp³-hybridized carbons (Fsp3) is 0.0769. The molecule has 0 saturated heterocycles. The van der Waals surface area contributed by atoms with E-state index < -0.39 is 11.9 Å².